The number of aryl methyl sites for hydroxylation is 1. The summed E-state index contributed by atoms with van der Waals surface area (Å²) < 4.78 is 11.1. The minimum absolute atomic E-state index is 0.225. The molecule has 0 unspecified atom stereocenters. The van der Waals surface area contributed by atoms with E-state index < -0.39 is 0 Å². The van der Waals surface area contributed by atoms with Crippen LogP contribution in [0.5, 0.6) is 11.5 Å². The molecule has 0 saturated carbocycles. The van der Waals surface area contributed by atoms with Crippen LogP contribution >= 0.6 is 0 Å². The van der Waals surface area contributed by atoms with Crippen molar-refractivity contribution in [3.63, 3.8) is 0 Å². The third-order valence-electron chi connectivity index (χ3n) is 4.77. The molecule has 3 rings (SSSR count). The Labute approximate surface area is 155 Å². The lowest BCUT2D eigenvalue weighted by Crippen LogP contribution is -2.41. The summed E-state index contributed by atoms with van der Waals surface area (Å²) in [5.74, 6) is 2.27. The first kappa shape index (κ1) is 18.2. The van der Waals surface area contributed by atoms with Crippen LogP contribution in [0.4, 0.5) is 0 Å². The Balaban J connectivity index is 1.44. The molecule has 2 heterocycles. The summed E-state index contributed by atoms with van der Waals surface area (Å²) in [5, 5.41) is 0. The highest BCUT2D eigenvalue weighted by atomic mass is 16.5. The van der Waals surface area contributed by atoms with Gasteiger partial charge in [-0.05, 0) is 55.2 Å². The Morgan fingerprint density at radius 3 is 2.77 bits per heavy atom. The molecule has 0 N–H and O–H groups in total. The fraction of sp³-hybridized carbons (Fsp3) is 0.429. The first-order valence-electron chi connectivity index (χ1n) is 9.18. The molecule has 1 aromatic carbocycles. The molecule has 0 spiro atoms. The van der Waals surface area contributed by atoms with E-state index in [1.165, 1.54) is 0 Å². The fourth-order valence-corrected chi connectivity index (χ4v) is 3.27. The third kappa shape index (κ3) is 5.22. The van der Waals surface area contributed by atoms with Gasteiger partial charge in [-0.15, -0.1) is 0 Å². The highest BCUT2D eigenvalue weighted by molar-refractivity contribution is 5.76. The zero-order valence-electron chi connectivity index (χ0n) is 15.3. The van der Waals surface area contributed by atoms with Crippen LogP contribution in [0, 0.1) is 5.92 Å². The lowest BCUT2D eigenvalue weighted by atomic mass is 9.98. The minimum Gasteiger partial charge on any atom is -0.497 e. The van der Waals surface area contributed by atoms with Crippen LogP contribution in [0.2, 0.25) is 0 Å². The van der Waals surface area contributed by atoms with Gasteiger partial charge in [0.2, 0.25) is 5.91 Å². The molecule has 1 aliphatic heterocycles. The summed E-state index contributed by atoms with van der Waals surface area (Å²) in [6.07, 6.45) is 7.00. The summed E-state index contributed by atoms with van der Waals surface area (Å²) in [6, 6.07) is 11.5. The molecule has 138 valence electrons. The van der Waals surface area contributed by atoms with Gasteiger partial charge in [0, 0.05) is 37.8 Å². The molecule has 5 nitrogen and oxygen atoms in total. The number of hydrogen-bond donors (Lipinski definition) is 0. The predicted molar refractivity (Wildman–Crippen MR) is 100 cm³/mol. The van der Waals surface area contributed by atoms with E-state index in [1.807, 2.05) is 47.5 Å². The second kappa shape index (κ2) is 9.22. The first-order chi connectivity index (χ1) is 12.7. The van der Waals surface area contributed by atoms with Gasteiger partial charge in [0.1, 0.15) is 11.5 Å². The Kier molecular flexibility index (Phi) is 6.47. The summed E-state index contributed by atoms with van der Waals surface area (Å²) >= 11 is 0. The van der Waals surface area contributed by atoms with Gasteiger partial charge < -0.3 is 14.4 Å². The van der Waals surface area contributed by atoms with E-state index in [1.54, 1.807) is 13.3 Å². The monoisotopic (exact) mass is 354 g/mol. The number of rotatable bonds is 7. The molecule has 1 fully saturated rings. The number of piperidine rings is 1. The molecule has 26 heavy (non-hydrogen) atoms. The zero-order chi connectivity index (χ0) is 18.2. The van der Waals surface area contributed by atoms with Crippen LogP contribution in [0.3, 0.4) is 0 Å². The molecule has 0 radical (unpaired) electrons. The zero-order valence-corrected chi connectivity index (χ0v) is 15.3. The summed E-state index contributed by atoms with van der Waals surface area (Å²) in [4.78, 5) is 18.6. The predicted octanol–water partition coefficient (Wildman–Crippen LogP) is 3.34. The quantitative estimate of drug-likeness (QED) is 0.765. The van der Waals surface area contributed by atoms with Crippen LogP contribution < -0.4 is 9.47 Å². The van der Waals surface area contributed by atoms with Crippen LogP contribution in [0.1, 0.15) is 24.8 Å². The molecule has 0 aliphatic carbocycles. The second-order valence-electron chi connectivity index (χ2n) is 6.70. The van der Waals surface area contributed by atoms with Crippen LogP contribution in [-0.2, 0) is 11.2 Å². The molecular formula is C21H26N2O3. The molecule has 1 atom stereocenters. The summed E-state index contributed by atoms with van der Waals surface area (Å²) in [7, 11) is 1.65. The fourth-order valence-electron chi connectivity index (χ4n) is 3.27. The SMILES string of the molecule is COc1ccc(OC[C@@H]2CCCN(C(=O)CCc3cccnc3)C2)cc1. The molecule has 0 bridgehead atoms. The average Bonchev–Trinajstić information content (AvgIpc) is 2.72. The van der Waals surface area contributed by atoms with Gasteiger partial charge >= 0.3 is 0 Å². The lowest BCUT2D eigenvalue weighted by molar-refractivity contribution is -0.133. The van der Waals surface area contributed by atoms with Crippen molar-refractivity contribution in [1.29, 1.82) is 0 Å². The number of pyridine rings is 1. The van der Waals surface area contributed by atoms with Gasteiger partial charge in [0.15, 0.2) is 0 Å². The van der Waals surface area contributed by atoms with Crippen molar-refractivity contribution in [1.82, 2.24) is 9.88 Å². The largest absolute Gasteiger partial charge is 0.497 e. The number of methoxy groups -OCH3 is 1. The first-order valence-corrected chi connectivity index (χ1v) is 9.18. The van der Waals surface area contributed by atoms with Crippen molar-refractivity contribution in [3.05, 3.63) is 54.4 Å². The van der Waals surface area contributed by atoms with Crippen LogP contribution in [0.15, 0.2) is 48.8 Å². The second-order valence-corrected chi connectivity index (χ2v) is 6.70. The molecular weight excluding hydrogens is 328 g/mol. The highest BCUT2D eigenvalue weighted by Gasteiger charge is 2.23. The molecule has 5 heteroatoms. The van der Waals surface area contributed by atoms with Gasteiger partial charge in [0.25, 0.3) is 0 Å². The third-order valence-corrected chi connectivity index (χ3v) is 4.77. The van der Waals surface area contributed by atoms with Crippen molar-refractivity contribution < 1.29 is 14.3 Å². The molecule has 1 amide bonds. The molecule has 1 saturated heterocycles. The standard InChI is InChI=1S/C21H26N2O3/c1-25-19-7-9-20(10-8-19)26-16-18-5-3-13-23(15-18)21(24)11-6-17-4-2-12-22-14-17/h2,4,7-10,12,14,18H,3,5-6,11,13,15-16H2,1H3/t18-/m1/s1. The van der Waals surface area contributed by atoms with Crippen LogP contribution in [-0.4, -0.2) is 42.6 Å². The van der Waals surface area contributed by atoms with E-state index in [-0.39, 0.29) is 5.91 Å². The smallest absolute Gasteiger partial charge is 0.222 e. The average molecular weight is 354 g/mol. The van der Waals surface area contributed by atoms with Crippen molar-refractivity contribution in [2.75, 3.05) is 26.8 Å². The van der Waals surface area contributed by atoms with E-state index in [2.05, 4.69) is 4.98 Å². The highest BCUT2D eigenvalue weighted by Crippen LogP contribution is 2.21. The van der Waals surface area contributed by atoms with E-state index in [0.29, 0.717) is 18.9 Å². The maximum atomic E-state index is 12.5. The molecule has 1 aliphatic rings. The maximum absolute atomic E-state index is 12.5. The van der Waals surface area contributed by atoms with Crippen LogP contribution in [0.25, 0.3) is 0 Å². The van der Waals surface area contributed by atoms with E-state index >= 15 is 0 Å². The Morgan fingerprint density at radius 1 is 1.23 bits per heavy atom. The minimum atomic E-state index is 0.225. The van der Waals surface area contributed by atoms with Gasteiger partial charge in [-0.25, -0.2) is 0 Å². The normalized spacial score (nSPS) is 17.0. The lowest BCUT2D eigenvalue weighted by Gasteiger charge is -2.32. The van der Waals surface area contributed by atoms with Crippen molar-refractivity contribution in [2.24, 2.45) is 5.92 Å². The number of carbonyl (C=O) groups excluding carboxylic acids is 1. The topological polar surface area (TPSA) is 51.7 Å². The number of carbonyl (C=O) groups is 1. The number of aromatic nitrogens is 1. The number of nitrogens with zero attached hydrogens (tertiary/aromatic N) is 2. The number of amides is 1. The Morgan fingerprint density at radius 2 is 2.04 bits per heavy atom. The number of ether oxygens (including phenoxy) is 2. The molecule has 1 aromatic heterocycles. The van der Waals surface area contributed by atoms with Gasteiger partial charge in [-0.1, -0.05) is 6.07 Å². The van der Waals surface area contributed by atoms with Crippen molar-refractivity contribution in [3.8, 4) is 11.5 Å². The van der Waals surface area contributed by atoms with E-state index in [9.17, 15) is 4.79 Å². The van der Waals surface area contributed by atoms with E-state index in [0.717, 1.165) is 49.4 Å². The number of benzene rings is 1. The maximum Gasteiger partial charge on any atom is 0.222 e. The number of likely N-dealkylation sites (tertiary alicyclic amines) is 1. The summed E-state index contributed by atoms with van der Waals surface area (Å²) in [6.45, 7) is 2.27. The number of hydrogen-bond acceptors (Lipinski definition) is 4. The van der Waals surface area contributed by atoms with Crippen molar-refractivity contribution >= 4 is 5.91 Å². The van der Waals surface area contributed by atoms with E-state index in [4.69, 9.17) is 9.47 Å². The van der Waals surface area contributed by atoms with Gasteiger partial charge in [-0.2, -0.15) is 0 Å². The van der Waals surface area contributed by atoms with Crippen molar-refractivity contribution in [2.45, 2.75) is 25.7 Å². The Hall–Kier alpha value is -2.56. The molecule has 2 aromatic rings. The Bertz CT molecular complexity index is 688. The summed E-state index contributed by atoms with van der Waals surface area (Å²) in [5.41, 5.74) is 1.11. The van der Waals surface area contributed by atoms with Gasteiger partial charge in [-0.3, -0.25) is 9.78 Å². The van der Waals surface area contributed by atoms with Gasteiger partial charge in [0.05, 0.1) is 13.7 Å².